The van der Waals surface area contributed by atoms with Gasteiger partial charge in [0.05, 0.1) is 26.4 Å². The van der Waals surface area contributed by atoms with Gasteiger partial charge in [0, 0.05) is 50.8 Å². The summed E-state index contributed by atoms with van der Waals surface area (Å²) in [6.07, 6.45) is 6.12. The second kappa shape index (κ2) is 11.2. The van der Waals surface area contributed by atoms with Crippen molar-refractivity contribution in [1.29, 1.82) is 0 Å². The van der Waals surface area contributed by atoms with E-state index in [-0.39, 0.29) is 24.3 Å². The lowest BCUT2D eigenvalue weighted by Gasteiger charge is -2.31. The highest BCUT2D eigenvalue weighted by molar-refractivity contribution is 5.76. The van der Waals surface area contributed by atoms with Crippen LogP contribution in [0.3, 0.4) is 0 Å². The summed E-state index contributed by atoms with van der Waals surface area (Å²) in [4.78, 5) is 38.1. The maximum atomic E-state index is 12.8. The molecule has 1 N–H and O–H groups in total. The Morgan fingerprint density at radius 3 is 2.94 bits per heavy atom. The number of aromatic nitrogens is 5. The summed E-state index contributed by atoms with van der Waals surface area (Å²) < 4.78 is 12.8. The lowest BCUT2D eigenvalue weighted by atomic mass is 10.1. The first-order chi connectivity index (χ1) is 15.1. The van der Waals surface area contributed by atoms with Crippen molar-refractivity contribution < 1.29 is 24.2 Å². The molecule has 0 unspecified atom stereocenters. The number of amides is 1. The van der Waals surface area contributed by atoms with Crippen LogP contribution in [0.2, 0.25) is 0 Å². The molecule has 31 heavy (non-hydrogen) atoms. The zero-order valence-electron chi connectivity index (χ0n) is 17.4. The Morgan fingerprint density at radius 2 is 2.19 bits per heavy atom. The molecule has 2 bridgehead atoms. The van der Waals surface area contributed by atoms with E-state index in [9.17, 15) is 4.79 Å². The summed E-state index contributed by atoms with van der Waals surface area (Å²) in [5, 5.41) is 11.0. The van der Waals surface area contributed by atoms with E-state index < -0.39 is 0 Å². The summed E-state index contributed by atoms with van der Waals surface area (Å²) >= 11 is 0. The molecule has 2 atom stereocenters. The summed E-state index contributed by atoms with van der Waals surface area (Å²) in [6.45, 7) is 3.71. The minimum Gasteiger partial charge on any atom is -0.483 e. The molecule has 1 amide bonds. The monoisotopic (exact) mass is 433 g/mol. The molecule has 0 aliphatic carbocycles. The highest BCUT2D eigenvalue weighted by atomic mass is 16.5. The summed E-state index contributed by atoms with van der Waals surface area (Å²) in [5.74, 6) is 1.55. The number of hydrogen-bond donors (Lipinski definition) is 1. The fourth-order valence-electron chi connectivity index (χ4n) is 3.77. The largest absolute Gasteiger partial charge is 0.483 e. The Hall–Kier alpha value is -3.28. The average Bonchev–Trinajstić information content (AvgIpc) is 3.11. The number of ether oxygens (including phenoxy) is 2. The van der Waals surface area contributed by atoms with E-state index >= 15 is 0 Å². The number of fused-ring (bicyclic) bond motifs is 3. The van der Waals surface area contributed by atoms with Crippen molar-refractivity contribution in [2.24, 2.45) is 5.92 Å². The molecule has 0 radical (unpaired) electrons. The van der Waals surface area contributed by atoms with Crippen LogP contribution in [0.4, 0.5) is 5.95 Å². The van der Waals surface area contributed by atoms with Gasteiger partial charge in [-0.3, -0.25) is 14.3 Å². The van der Waals surface area contributed by atoms with Gasteiger partial charge in [-0.15, -0.1) is 0 Å². The summed E-state index contributed by atoms with van der Waals surface area (Å²) in [6, 6.07) is 1.76. The van der Waals surface area contributed by atoms with Crippen LogP contribution in [0.1, 0.15) is 12.8 Å². The van der Waals surface area contributed by atoms with Gasteiger partial charge in [-0.25, -0.2) is 9.97 Å². The topological polar surface area (TPSA) is 136 Å². The van der Waals surface area contributed by atoms with E-state index in [0.717, 1.165) is 13.0 Å². The lowest BCUT2D eigenvalue weighted by molar-refractivity contribution is -0.133. The molecular weight excluding hydrogens is 406 g/mol. The van der Waals surface area contributed by atoms with E-state index in [4.69, 9.17) is 19.4 Å². The van der Waals surface area contributed by atoms with Crippen molar-refractivity contribution in [2.75, 3.05) is 44.9 Å². The third kappa shape index (κ3) is 6.10. The quantitative estimate of drug-likeness (QED) is 0.616. The van der Waals surface area contributed by atoms with Gasteiger partial charge in [-0.1, -0.05) is 0 Å². The standard InChI is InChI=1S/C18H25N7O3.CH2O2/c1-27-16-4-5-20-18(22-16)25-8-14-7-23(9-15(25)11-28-10-14)17(26)3-2-6-24-13-19-12-21-24;2-1-3/h4-5,12-15H,2-3,6-11H2,1H3;1H,(H,2,3)/t14-,15-;/m0./s1. The van der Waals surface area contributed by atoms with Crippen LogP contribution in [0.15, 0.2) is 24.9 Å². The lowest BCUT2D eigenvalue weighted by Crippen LogP contribution is -2.46. The van der Waals surface area contributed by atoms with Crippen LogP contribution in [0, 0.1) is 5.92 Å². The first-order valence-corrected chi connectivity index (χ1v) is 10.0. The molecule has 0 aromatic carbocycles. The highest BCUT2D eigenvalue weighted by Gasteiger charge is 2.36. The third-order valence-corrected chi connectivity index (χ3v) is 5.15. The molecular formula is C19H27N7O5. The van der Waals surface area contributed by atoms with Crippen molar-refractivity contribution >= 4 is 18.3 Å². The molecule has 2 aliphatic rings. The Balaban J connectivity index is 0.000000858. The molecule has 12 nitrogen and oxygen atoms in total. The minimum absolute atomic E-state index is 0.0267. The Labute approximate surface area is 179 Å². The molecule has 2 aromatic rings. The van der Waals surface area contributed by atoms with Crippen molar-refractivity contribution in [2.45, 2.75) is 25.4 Å². The van der Waals surface area contributed by atoms with Crippen LogP contribution in [-0.2, 0) is 20.9 Å². The average molecular weight is 433 g/mol. The van der Waals surface area contributed by atoms with Crippen molar-refractivity contribution in [3.05, 3.63) is 24.9 Å². The van der Waals surface area contributed by atoms with Gasteiger partial charge >= 0.3 is 0 Å². The first kappa shape index (κ1) is 22.4. The molecule has 168 valence electrons. The number of carboxylic acid groups (broad SMARTS) is 1. The van der Waals surface area contributed by atoms with Crippen LogP contribution >= 0.6 is 0 Å². The van der Waals surface area contributed by atoms with Gasteiger partial charge in [0.1, 0.15) is 12.7 Å². The summed E-state index contributed by atoms with van der Waals surface area (Å²) in [7, 11) is 1.59. The second-order valence-corrected chi connectivity index (χ2v) is 7.27. The molecule has 2 saturated heterocycles. The molecule has 0 spiro atoms. The van der Waals surface area contributed by atoms with Gasteiger partial charge in [-0.2, -0.15) is 10.1 Å². The molecule has 2 fully saturated rings. The Bertz CT molecular complexity index is 835. The fraction of sp³-hybridized carbons (Fsp3) is 0.579. The van der Waals surface area contributed by atoms with Crippen molar-refractivity contribution in [3.8, 4) is 5.88 Å². The molecule has 0 saturated carbocycles. The maximum Gasteiger partial charge on any atom is 0.290 e. The van der Waals surface area contributed by atoms with Gasteiger partial charge in [0.2, 0.25) is 17.7 Å². The molecule has 4 heterocycles. The summed E-state index contributed by atoms with van der Waals surface area (Å²) in [5.41, 5.74) is 0. The molecule has 4 rings (SSSR count). The number of nitrogens with zero attached hydrogens (tertiary/aromatic N) is 7. The minimum atomic E-state index is -0.250. The zero-order valence-corrected chi connectivity index (χ0v) is 17.4. The van der Waals surface area contributed by atoms with Crippen LogP contribution in [0.25, 0.3) is 0 Å². The normalized spacial score (nSPS) is 20.3. The number of carbonyl (C=O) groups is 2. The Morgan fingerprint density at radius 1 is 1.35 bits per heavy atom. The zero-order chi connectivity index (χ0) is 22.1. The number of carbonyl (C=O) groups excluding carboxylic acids is 1. The van der Waals surface area contributed by atoms with Crippen LogP contribution in [-0.4, -0.2) is 93.1 Å². The van der Waals surface area contributed by atoms with E-state index in [1.54, 1.807) is 30.4 Å². The second-order valence-electron chi connectivity index (χ2n) is 7.27. The third-order valence-electron chi connectivity index (χ3n) is 5.15. The maximum absolute atomic E-state index is 12.8. The molecule has 2 aromatic heterocycles. The number of hydrogen-bond acceptors (Lipinski definition) is 9. The Kier molecular flexibility index (Phi) is 8.10. The van der Waals surface area contributed by atoms with Crippen molar-refractivity contribution in [3.63, 3.8) is 0 Å². The number of rotatable bonds is 6. The molecule has 2 aliphatic heterocycles. The number of aryl methyl sites for hydroxylation is 1. The van der Waals surface area contributed by atoms with E-state index in [2.05, 4.69) is 25.0 Å². The van der Waals surface area contributed by atoms with Crippen LogP contribution < -0.4 is 9.64 Å². The van der Waals surface area contributed by atoms with Gasteiger partial charge in [0.25, 0.3) is 6.47 Å². The fourth-order valence-corrected chi connectivity index (χ4v) is 3.77. The van der Waals surface area contributed by atoms with E-state index in [1.165, 1.54) is 6.33 Å². The van der Waals surface area contributed by atoms with E-state index in [0.29, 0.717) is 51.1 Å². The number of methoxy groups -OCH3 is 1. The highest BCUT2D eigenvalue weighted by Crippen LogP contribution is 2.25. The predicted molar refractivity (Wildman–Crippen MR) is 109 cm³/mol. The van der Waals surface area contributed by atoms with Gasteiger partial charge < -0.3 is 24.4 Å². The smallest absolute Gasteiger partial charge is 0.290 e. The van der Waals surface area contributed by atoms with E-state index in [1.807, 2.05) is 4.90 Å². The van der Waals surface area contributed by atoms with Gasteiger partial charge in [-0.05, 0) is 6.42 Å². The van der Waals surface area contributed by atoms with Gasteiger partial charge in [0.15, 0.2) is 0 Å². The predicted octanol–water partition coefficient (Wildman–Crippen LogP) is -0.0785. The molecule has 12 heteroatoms. The first-order valence-electron chi connectivity index (χ1n) is 10.0. The SMILES string of the molecule is COc1ccnc(N2C[C@H]3COC[C@@H]2CN(C(=O)CCCn2cncn2)C3)n1.O=CO. The van der Waals surface area contributed by atoms with Crippen molar-refractivity contribution in [1.82, 2.24) is 29.6 Å². The number of anilines is 1. The van der Waals surface area contributed by atoms with Crippen LogP contribution in [0.5, 0.6) is 5.88 Å².